The second-order valence-electron chi connectivity index (χ2n) is 9.55. The lowest BCUT2D eigenvalue weighted by molar-refractivity contribution is 1.28. The summed E-state index contributed by atoms with van der Waals surface area (Å²) >= 11 is 0. The first-order valence-electron chi connectivity index (χ1n) is 17.8. The molecule has 0 amide bonds. The van der Waals surface area contributed by atoms with E-state index in [1.165, 1.54) is 0 Å². The number of hydrogen-bond acceptors (Lipinski definition) is 1. The maximum Gasteiger partial charge on any atom is 0.0645 e. The molecule has 0 spiro atoms. The second-order valence-corrected chi connectivity index (χ2v) is 9.55. The van der Waals surface area contributed by atoms with Crippen molar-refractivity contribution in [3.8, 4) is 33.4 Å². The van der Waals surface area contributed by atoms with Gasteiger partial charge in [-0.2, -0.15) is 0 Å². The van der Waals surface area contributed by atoms with Crippen molar-refractivity contribution in [2.45, 2.75) is 0 Å². The minimum atomic E-state index is -0.618. The molecule has 0 aliphatic carbocycles. The molecule has 0 heterocycles. The summed E-state index contributed by atoms with van der Waals surface area (Å²) in [5, 5.41) is 2.13. The Bertz CT molecular complexity index is 2360. The van der Waals surface area contributed by atoms with Gasteiger partial charge in [0.25, 0.3) is 0 Å². The molecule has 194 valence electrons. The van der Waals surface area contributed by atoms with Gasteiger partial charge in [-0.1, -0.05) is 139 Å². The summed E-state index contributed by atoms with van der Waals surface area (Å²) < 4.78 is 78.0. The largest absolute Gasteiger partial charge is 0.310 e. The van der Waals surface area contributed by atoms with E-state index in [0.717, 1.165) is 33.0 Å². The highest BCUT2D eigenvalue weighted by Gasteiger charge is 2.15. The van der Waals surface area contributed by atoms with Gasteiger partial charge in [-0.15, -0.1) is 0 Å². The molecule has 0 aromatic heterocycles. The Morgan fingerprint density at radius 1 is 0.390 bits per heavy atom. The summed E-state index contributed by atoms with van der Waals surface area (Å²) in [5.74, 6) is 0. The molecule has 41 heavy (non-hydrogen) atoms. The number of hydrogen-bond donors (Lipinski definition) is 0. The average molecular weight is 533 g/mol. The van der Waals surface area contributed by atoms with Gasteiger partial charge in [-0.25, -0.2) is 0 Å². The Labute approximate surface area is 254 Å². The van der Waals surface area contributed by atoms with Gasteiger partial charge >= 0.3 is 0 Å². The Hall–Kier alpha value is -5.40. The van der Waals surface area contributed by atoms with Crippen LogP contribution in [0.5, 0.6) is 0 Å². The molecule has 7 rings (SSSR count). The molecule has 1 nitrogen and oxygen atoms in total. The zero-order chi connectivity index (χ0) is 35.3. The van der Waals surface area contributed by atoms with Crippen LogP contribution in [-0.2, 0) is 0 Å². The van der Waals surface area contributed by atoms with E-state index in [1.54, 1.807) is 4.90 Å². The number of benzene rings is 7. The lowest BCUT2D eigenvalue weighted by Crippen LogP contribution is -2.10. The van der Waals surface area contributed by atoms with E-state index >= 15 is 0 Å². The molecule has 0 aliphatic rings. The van der Waals surface area contributed by atoms with E-state index < -0.39 is 54.4 Å². The number of nitrogens with zero attached hydrogens (tertiary/aromatic N) is 1. The molecule has 0 unspecified atom stereocenters. The molecule has 0 saturated heterocycles. The van der Waals surface area contributed by atoms with Crippen molar-refractivity contribution >= 4 is 27.8 Å². The van der Waals surface area contributed by atoms with Crippen molar-refractivity contribution in [3.05, 3.63) is 176 Å². The third-order valence-electron chi connectivity index (χ3n) is 7.02. The van der Waals surface area contributed by atoms with Gasteiger partial charge in [-0.3, -0.25) is 0 Å². The first-order valence-corrected chi connectivity index (χ1v) is 13.3. The Morgan fingerprint density at radius 3 is 1.83 bits per heavy atom. The Morgan fingerprint density at radius 2 is 1.02 bits per heavy atom. The van der Waals surface area contributed by atoms with E-state index in [1.807, 2.05) is 115 Å². The minimum Gasteiger partial charge on any atom is -0.310 e. The van der Waals surface area contributed by atoms with Crippen LogP contribution in [0, 0.1) is 0 Å². The van der Waals surface area contributed by atoms with E-state index in [4.69, 9.17) is 9.60 Å². The van der Waals surface area contributed by atoms with E-state index in [2.05, 4.69) is 6.07 Å². The highest BCUT2D eigenvalue weighted by molar-refractivity contribution is 5.97. The zero-order valence-corrected chi connectivity index (χ0v) is 22.0. The van der Waals surface area contributed by atoms with Crippen molar-refractivity contribution in [1.82, 2.24) is 0 Å². The molecular weight excluding hydrogens is 494 g/mol. The lowest BCUT2D eigenvalue weighted by atomic mass is 9.97. The molecule has 0 saturated carbocycles. The summed E-state index contributed by atoms with van der Waals surface area (Å²) in [6.45, 7) is 0. The SMILES string of the molecule is [2H]c1c([2H])c([2H])c(-c2c([2H])c([2H])c(N(c3ccc(-c4ccccc4)cc3)c3cccc(-c4cccc5ccccc45)c3)c([2H])c2[2H])c([2H])c1[2H]. The van der Waals surface area contributed by atoms with Crippen LogP contribution >= 0.6 is 0 Å². The van der Waals surface area contributed by atoms with Crippen LogP contribution in [0.2, 0.25) is 0 Å². The Balaban J connectivity index is 1.47. The van der Waals surface area contributed by atoms with Crippen LogP contribution in [0.1, 0.15) is 12.3 Å². The first kappa shape index (κ1) is 16.6. The summed E-state index contributed by atoms with van der Waals surface area (Å²) in [7, 11) is 0. The van der Waals surface area contributed by atoms with Crippen molar-refractivity contribution in [2.24, 2.45) is 0 Å². The molecule has 0 radical (unpaired) electrons. The molecule has 0 N–H and O–H groups in total. The summed E-state index contributed by atoms with van der Waals surface area (Å²) in [6.07, 6.45) is 0. The second kappa shape index (κ2) is 11.0. The van der Waals surface area contributed by atoms with Gasteiger partial charge in [0.1, 0.15) is 0 Å². The molecule has 0 bridgehead atoms. The lowest BCUT2D eigenvalue weighted by Gasteiger charge is -2.26. The Kier molecular flexibility index (Phi) is 4.46. The topological polar surface area (TPSA) is 3.24 Å². The van der Waals surface area contributed by atoms with Gasteiger partial charge in [0.15, 0.2) is 0 Å². The monoisotopic (exact) mass is 532 g/mol. The molecular formula is C40H29N. The predicted molar refractivity (Wildman–Crippen MR) is 175 cm³/mol. The number of rotatable bonds is 6. The first-order chi connectivity index (χ1) is 24.1. The summed E-state index contributed by atoms with van der Waals surface area (Å²) in [4.78, 5) is 1.68. The summed E-state index contributed by atoms with van der Waals surface area (Å²) in [6, 6.07) is 34.3. The normalized spacial score (nSPS) is 14.0. The van der Waals surface area contributed by atoms with Crippen LogP contribution in [0.15, 0.2) is 176 Å². The number of anilines is 3. The molecule has 7 aromatic rings. The maximum atomic E-state index is 9.26. The fourth-order valence-corrected chi connectivity index (χ4v) is 5.05. The number of fused-ring (bicyclic) bond motifs is 1. The highest BCUT2D eigenvalue weighted by atomic mass is 15.1. The highest BCUT2D eigenvalue weighted by Crippen LogP contribution is 2.39. The fourth-order valence-electron chi connectivity index (χ4n) is 5.05. The van der Waals surface area contributed by atoms with Crippen molar-refractivity contribution in [2.75, 3.05) is 4.90 Å². The summed E-state index contributed by atoms with van der Waals surface area (Å²) in [5.41, 5.74) is 4.22. The van der Waals surface area contributed by atoms with Crippen LogP contribution < -0.4 is 4.90 Å². The van der Waals surface area contributed by atoms with Gasteiger partial charge in [-0.05, 0) is 80.5 Å². The molecule has 0 atom stereocenters. The van der Waals surface area contributed by atoms with E-state index in [0.29, 0.717) is 11.4 Å². The third kappa shape index (κ3) is 5.02. The van der Waals surface area contributed by atoms with Gasteiger partial charge < -0.3 is 4.90 Å². The van der Waals surface area contributed by atoms with Gasteiger partial charge in [0.05, 0.1) is 12.3 Å². The molecule has 0 fully saturated rings. The van der Waals surface area contributed by atoms with Crippen molar-refractivity contribution < 1.29 is 12.3 Å². The van der Waals surface area contributed by atoms with Crippen molar-refractivity contribution in [1.29, 1.82) is 0 Å². The van der Waals surface area contributed by atoms with E-state index in [-0.39, 0.29) is 16.8 Å². The third-order valence-corrected chi connectivity index (χ3v) is 7.02. The molecule has 1 heteroatoms. The van der Waals surface area contributed by atoms with Crippen LogP contribution in [0.25, 0.3) is 44.2 Å². The smallest absolute Gasteiger partial charge is 0.0645 e. The quantitative estimate of drug-likeness (QED) is 0.206. The fraction of sp³-hybridized carbons (Fsp3) is 0. The van der Waals surface area contributed by atoms with Crippen LogP contribution in [-0.4, -0.2) is 0 Å². The van der Waals surface area contributed by atoms with Gasteiger partial charge in [0.2, 0.25) is 0 Å². The minimum absolute atomic E-state index is 0.0429. The van der Waals surface area contributed by atoms with Crippen LogP contribution in [0.4, 0.5) is 17.1 Å². The molecule has 0 aliphatic heterocycles. The van der Waals surface area contributed by atoms with E-state index in [9.17, 15) is 2.74 Å². The molecule has 7 aromatic carbocycles. The van der Waals surface area contributed by atoms with Gasteiger partial charge in [0, 0.05) is 17.1 Å². The standard InChI is InChI=1S/C40H29N/c1-3-11-30(12-4-1)32-21-25-36(26-22-32)41(37-27-23-33(24-28-37)31-13-5-2-6-14-31)38-18-9-17-35(29-38)40-20-10-16-34-15-7-8-19-39(34)40/h1-29H/i1D,3D,4D,11D,12D,21D,22D,25D,26D. The van der Waals surface area contributed by atoms with Crippen molar-refractivity contribution in [3.63, 3.8) is 0 Å². The maximum absolute atomic E-state index is 9.26. The average Bonchev–Trinajstić information content (AvgIpc) is 3.15. The predicted octanol–water partition coefficient (Wildman–Crippen LogP) is 11.3. The van der Waals surface area contributed by atoms with Crippen LogP contribution in [0.3, 0.4) is 0 Å². The zero-order valence-electron chi connectivity index (χ0n) is 31.0.